The highest BCUT2D eigenvalue weighted by Gasteiger charge is 2.17. The first-order valence-corrected chi connectivity index (χ1v) is 5.99. The Labute approximate surface area is 96.4 Å². The third-order valence-corrected chi connectivity index (χ3v) is 2.67. The highest BCUT2D eigenvalue weighted by atomic mass is 16.2. The second-order valence-corrected chi connectivity index (χ2v) is 4.12. The number of carbonyl (C=O) groups excluding carboxylic acids is 2. The van der Waals surface area contributed by atoms with Crippen LogP contribution in [0.15, 0.2) is 0 Å². The molecule has 0 aromatic carbocycles. The molecule has 1 aliphatic rings. The molecule has 3 N–H and O–H groups in total. The molecular weight excluding hydrogens is 206 g/mol. The maximum absolute atomic E-state index is 11.4. The molecule has 0 aromatic rings. The Morgan fingerprint density at radius 1 is 1.56 bits per heavy atom. The van der Waals surface area contributed by atoms with E-state index in [1.807, 2.05) is 0 Å². The highest BCUT2D eigenvalue weighted by Crippen LogP contribution is 2.01. The lowest BCUT2D eigenvalue weighted by Crippen LogP contribution is -2.48. The first kappa shape index (κ1) is 13.0. The van der Waals surface area contributed by atoms with Crippen molar-refractivity contribution < 1.29 is 9.59 Å². The van der Waals surface area contributed by atoms with Crippen LogP contribution in [0.1, 0.15) is 32.6 Å². The molecular formula is C11H21N3O2. The molecule has 0 bridgehead atoms. The van der Waals surface area contributed by atoms with Crippen molar-refractivity contribution in [2.75, 3.05) is 19.6 Å². The second kappa shape index (κ2) is 7.22. The van der Waals surface area contributed by atoms with Crippen LogP contribution in [0.2, 0.25) is 0 Å². The third-order valence-electron chi connectivity index (χ3n) is 2.67. The van der Waals surface area contributed by atoms with E-state index >= 15 is 0 Å². The van der Waals surface area contributed by atoms with Gasteiger partial charge in [-0.25, -0.2) is 0 Å². The summed E-state index contributed by atoms with van der Waals surface area (Å²) in [6, 6.07) is 0.231. The maximum atomic E-state index is 11.4. The number of rotatable bonds is 6. The van der Waals surface area contributed by atoms with Gasteiger partial charge >= 0.3 is 0 Å². The van der Waals surface area contributed by atoms with E-state index in [9.17, 15) is 9.59 Å². The van der Waals surface area contributed by atoms with Crippen LogP contribution in [0.5, 0.6) is 0 Å². The van der Waals surface area contributed by atoms with Crippen molar-refractivity contribution in [3.8, 4) is 0 Å². The zero-order valence-electron chi connectivity index (χ0n) is 9.84. The summed E-state index contributed by atoms with van der Waals surface area (Å²) >= 11 is 0. The molecule has 1 saturated heterocycles. The normalized spacial score (nSPS) is 20.3. The van der Waals surface area contributed by atoms with Gasteiger partial charge in [-0.15, -0.1) is 0 Å². The molecule has 2 amide bonds. The number of hydrogen-bond acceptors (Lipinski definition) is 3. The lowest BCUT2D eigenvalue weighted by atomic mass is 10.1. The largest absolute Gasteiger partial charge is 0.355 e. The van der Waals surface area contributed by atoms with Gasteiger partial charge in [-0.2, -0.15) is 0 Å². The van der Waals surface area contributed by atoms with Crippen molar-refractivity contribution >= 4 is 11.8 Å². The van der Waals surface area contributed by atoms with Crippen LogP contribution in [0.3, 0.4) is 0 Å². The Morgan fingerprint density at radius 3 is 3.00 bits per heavy atom. The van der Waals surface area contributed by atoms with E-state index < -0.39 is 0 Å². The average Bonchev–Trinajstić information content (AvgIpc) is 2.29. The molecule has 92 valence electrons. The van der Waals surface area contributed by atoms with E-state index in [1.54, 1.807) is 0 Å². The number of hydrogen-bond donors (Lipinski definition) is 3. The Bertz CT molecular complexity index is 233. The minimum Gasteiger partial charge on any atom is -0.355 e. The molecule has 0 aliphatic carbocycles. The molecule has 0 spiro atoms. The van der Waals surface area contributed by atoms with Crippen LogP contribution in [-0.4, -0.2) is 37.5 Å². The van der Waals surface area contributed by atoms with Gasteiger partial charge in [0.05, 0.1) is 6.54 Å². The minimum absolute atomic E-state index is 0.0327. The molecule has 5 nitrogen and oxygen atoms in total. The van der Waals surface area contributed by atoms with Gasteiger partial charge < -0.3 is 16.0 Å². The van der Waals surface area contributed by atoms with E-state index in [2.05, 4.69) is 22.9 Å². The summed E-state index contributed by atoms with van der Waals surface area (Å²) in [6.45, 7) is 3.80. The van der Waals surface area contributed by atoms with Gasteiger partial charge in [0.1, 0.15) is 0 Å². The molecule has 1 rings (SSSR count). The quantitative estimate of drug-likeness (QED) is 0.549. The summed E-state index contributed by atoms with van der Waals surface area (Å²) in [5.41, 5.74) is 0. The molecule has 0 aromatic heterocycles. The van der Waals surface area contributed by atoms with Gasteiger partial charge in [0.15, 0.2) is 0 Å². The predicted octanol–water partition coefficient (Wildman–Crippen LogP) is -0.229. The van der Waals surface area contributed by atoms with E-state index in [0.717, 1.165) is 25.8 Å². The topological polar surface area (TPSA) is 70.2 Å². The zero-order valence-corrected chi connectivity index (χ0v) is 9.84. The molecule has 5 heteroatoms. The molecule has 1 heterocycles. The third kappa shape index (κ3) is 5.11. The summed E-state index contributed by atoms with van der Waals surface area (Å²) in [6.07, 6.45) is 3.47. The maximum Gasteiger partial charge on any atom is 0.233 e. The number of unbranched alkanes of at least 4 members (excludes halogenated alkanes) is 1. The minimum atomic E-state index is 0.0327. The Morgan fingerprint density at radius 2 is 2.38 bits per heavy atom. The van der Waals surface area contributed by atoms with Gasteiger partial charge in [0.25, 0.3) is 0 Å². The fourth-order valence-electron chi connectivity index (χ4n) is 1.61. The van der Waals surface area contributed by atoms with E-state index in [-0.39, 0.29) is 17.9 Å². The van der Waals surface area contributed by atoms with Gasteiger partial charge in [0.2, 0.25) is 11.8 Å². The summed E-state index contributed by atoms with van der Waals surface area (Å²) in [5, 5.41) is 8.76. The lowest BCUT2D eigenvalue weighted by molar-refractivity contribution is -0.122. The summed E-state index contributed by atoms with van der Waals surface area (Å²) in [5.74, 6) is 0.135. The predicted molar refractivity (Wildman–Crippen MR) is 62.0 cm³/mol. The number of amides is 2. The van der Waals surface area contributed by atoms with E-state index in [4.69, 9.17) is 0 Å². The van der Waals surface area contributed by atoms with Crippen LogP contribution in [0.4, 0.5) is 0 Å². The molecule has 1 unspecified atom stereocenters. The number of piperidine rings is 1. The SMILES string of the molecule is CCCCNC(=O)CNC1CCC(=O)NC1. The van der Waals surface area contributed by atoms with Gasteiger partial charge in [-0.1, -0.05) is 13.3 Å². The number of nitrogens with one attached hydrogen (secondary N) is 3. The highest BCUT2D eigenvalue weighted by molar-refractivity contribution is 5.78. The summed E-state index contributed by atoms with van der Waals surface area (Å²) in [7, 11) is 0. The lowest BCUT2D eigenvalue weighted by Gasteiger charge is -2.23. The monoisotopic (exact) mass is 227 g/mol. The van der Waals surface area contributed by atoms with Crippen LogP contribution in [-0.2, 0) is 9.59 Å². The van der Waals surface area contributed by atoms with Crippen LogP contribution < -0.4 is 16.0 Å². The molecule has 1 atom stereocenters. The van der Waals surface area contributed by atoms with Crippen LogP contribution >= 0.6 is 0 Å². The summed E-state index contributed by atoms with van der Waals surface area (Å²) in [4.78, 5) is 22.3. The van der Waals surface area contributed by atoms with E-state index in [1.165, 1.54) is 0 Å². The smallest absolute Gasteiger partial charge is 0.233 e. The first-order valence-electron chi connectivity index (χ1n) is 5.99. The fraction of sp³-hybridized carbons (Fsp3) is 0.818. The van der Waals surface area contributed by atoms with Crippen LogP contribution in [0.25, 0.3) is 0 Å². The fourth-order valence-corrected chi connectivity index (χ4v) is 1.61. The van der Waals surface area contributed by atoms with Crippen molar-refractivity contribution in [2.45, 2.75) is 38.6 Å². The van der Waals surface area contributed by atoms with Gasteiger partial charge in [-0.05, 0) is 12.8 Å². The Balaban J connectivity index is 2.05. The summed E-state index contributed by atoms with van der Waals surface area (Å²) < 4.78 is 0. The first-order chi connectivity index (χ1) is 7.72. The van der Waals surface area contributed by atoms with Crippen molar-refractivity contribution in [1.82, 2.24) is 16.0 Å². The van der Waals surface area contributed by atoms with Gasteiger partial charge in [0, 0.05) is 25.6 Å². The van der Waals surface area contributed by atoms with E-state index in [0.29, 0.717) is 19.5 Å². The molecule has 0 saturated carbocycles. The molecule has 0 radical (unpaired) electrons. The molecule has 16 heavy (non-hydrogen) atoms. The van der Waals surface area contributed by atoms with Crippen molar-refractivity contribution in [1.29, 1.82) is 0 Å². The van der Waals surface area contributed by atoms with Crippen molar-refractivity contribution in [3.05, 3.63) is 0 Å². The Kier molecular flexibility index (Phi) is 5.85. The molecule has 1 fully saturated rings. The standard InChI is InChI=1S/C11H21N3O2/c1-2-3-6-12-11(16)8-13-9-4-5-10(15)14-7-9/h9,13H,2-8H2,1H3,(H,12,16)(H,14,15). The van der Waals surface area contributed by atoms with Crippen LogP contribution in [0, 0.1) is 0 Å². The van der Waals surface area contributed by atoms with Gasteiger partial charge in [-0.3, -0.25) is 9.59 Å². The zero-order chi connectivity index (χ0) is 11.8. The Hall–Kier alpha value is -1.10. The average molecular weight is 227 g/mol. The molecule has 1 aliphatic heterocycles. The second-order valence-electron chi connectivity index (χ2n) is 4.12. The van der Waals surface area contributed by atoms with Crippen molar-refractivity contribution in [3.63, 3.8) is 0 Å². The number of carbonyl (C=O) groups is 2. The van der Waals surface area contributed by atoms with Crippen molar-refractivity contribution in [2.24, 2.45) is 0 Å².